The van der Waals surface area contributed by atoms with Crippen LogP contribution in [0.5, 0.6) is 17.2 Å². The zero-order valence-corrected chi connectivity index (χ0v) is 20.3. The van der Waals surface area contributed by atoms with E-state index in [1.807, 2.05) is 44.2 Å². The minimum Gasteiger partial charge on any atom is -0.493 e. The van der Waals surface area contributed by atoms with Crippen molar-refractivity contribution in [2.45, 2.75) is 13.8 Å². The Balaban J connectivity index is 1.79. The van der Waals surface area contributed by atoms with Crippen LogP contribution in [0.4, 0.5) is 0 Å². The summed E-state index contributed by atoms with van der Waals surface area (Å²) < 4.78 is 16.6. The third-order valence-electron chi connectivity index (χ3n) is 5.09. The van der Waals surface area contributed by atoms with Crippen molar-refractivity contribution in [1.29, 1.82) is 0 Å². The van der Waals surface area contributed by atoms with Gasteiger partial charge >= 0.3 is 0 Å². The highest BCUT2D eigenvalue weighted by Crippen LogP contribution is 2.40. The number of H-pyrrole nitrogens is 1. The van der Waals surface area contributed by atoms with E-state index in [0.717, 1.165) is 16.0 Å². The van der Waals surface area contributed by atoms with E-state index in [1.54, 1.807) is 32.4 Å². The Kier molecular flexibility index (Phi) is 6.72. The van der Waals surface area contributed by atoms with E-state index in [2.05, 4.69) is 9.97 Å². The highest BCUT2D eigenvalue weighted by molar-refractivity contribution is 7.19. The number of methoxy groups -OCH3 is 2. The van der Waals surface area contributed by atoms with Gasteiger partial charge in [-0.3, -0.25) is 4.79 Å². The predicted octanol–water partition coefficient (Wildman–Crippen LogP) is 6.11. The summed E-state index contributed by atoms with van der Waals surface area (Å²) in [6, 6.07) is 13.4. The van der Waals surface area contributed by atoms with Gasteiger partial charge in [0.15, 0.2) is 17.3 Å². The topological polar surface area (TPSA) is 73.4 Å². The number of halogens is 1. The van der Waals surface area contributed by atoms with Crippen LogP contribution in [0.2, 0.25) is 0 Å². The van der Waals surface area contributed by atoms with Crippen LogP contribution in [0, 0.1) is 6.92 Å². The number of nitrogens with one attached hydrogen (secondary N) is 1. The average Bonchev–Trinajstić information content (AvgIpc) is 3.16. The van der Waals surface area contributed by atoms with Gasteiger partial charge in [0.25, 0.3) is 5.56 Å². The highest BCUT2D eigenvalue weighted by Gasteiger charge is 2.18. The first-order chi connectivity index (χ1) is 16.0. The van der Waals surface area contributed by atoms with Crippen LogP contribution in [0.25, 0.3) is 32.5 Å². The maximum Gasteiger partial charge on any atom is 0.260 e. The minimum absolute atomic E-state index is 0.230. The Bertz CT molecular complexity index is 1370. The van der Waals surface area contributed by atoms with Crippen LogP contribution in [0.15, 0.2) is 47.3 Å². The first kappa shape index (κ1) is 22.9. The Morgan fingerprint density at radius 1 is 1.15 bits per heavy atom. The maximum atomic E-state index is 13.1. The molecule has 0 saturated carbocycles. The van der Waals surface area contributed by atoms with E-state index in [0.29, 0.717) is 45.5 Å². The third kappa shape index (κ3) is 4.47. The second kappa shape index (κ2) is 9.68. The van der Waals surface area contributed by atoms with Crippen molar-refractivity contribution in [3.05, 3.63) is 69.1 Å². The molecule has 2 heterocycles. The van der Waals surface area contributed by atoms with Crippen molar-refractivity contribution in [2.24, 2.45) is 0 Å². The fourth-order valence-corrected chi connectivity index (χ4v) is 4.93. The molecule has 0 unspecified atom stereocenters. The number of ether oxygens (including phenoxy) is 3. The molecule has 4 aromatic rings. The summed E-state index contributed by atoms with van der Waals surface area (Å²) in [4.78, 5) is 22.2. The van der Waals surface area contributed by atoms with Crippen molar-refractivity contribution in [1.82, 2.24) is 9.97 Å². The molecule has 2 aromatic heterocycles. The zero-order valence-electron chi connectivity index (χ0n) is 18.7. The lowest BCUT2D eigenvalue weighted by Gasteiger charge is -2.14. The molecule has 0 bridgehead atoms. The lowest BCUT2D eigenvalue weighted by molar-refractivity contribution is 0.288. The molecule has 8 heteroatoms. The summed E-state index contributed by atoms with van der Waals surface area (Å²) in [5.74, 6) is 1.85. The molecular formula is C25H23ClN2O4S. The average molecular weight is 483 g/mol. The number of hydrogen-bond donors (Lipinski definition) is 1. The van der Waals surface area contributed by atoms with Crippen molar-refractivity contribution >= 4 is 44.3 Å². The van der Waals surface area contributed by atoms with Gasteiger partial charge in [0, 0.05) is 10.4 Å². The number of thiophene rings is 1. The van der Waals surface area contributed by atoms with Crippen LogP contribution < -0.4 is 19.8 Å². The van der Waals surface area contributed by atoms with Gasteiger partial charge in [0.2, 0.25) is 5.75 Å². The van der Waals surface area contributed by atoms with Crippen LogP contribution in [0.1, 0.15) is 23.2 Å². The monoisotopic (exact) mass is 482 g/mol. The van der Waals surface area contributed by atoms with Crippen LogP contribution >= 0.6 is 22.9 Å². The lowest BCUT2D eigenvalue weighted by atomic mass is 10.0. The number of aryl methyl sites for hydroxylation is 1. The Hall–Kier alpha value is -3.29. The molecule has 0 amide bonds. The zero-order chi connectivity index (χ0) is 23.5. The highest BCUT2D eigenvalue weighted by atomic mass is 35.5. The van der Waals surface area contributed by atoms with Gasteiger partial charge in [-0.2, -0.15) is 0 Å². The largest absolute Gasteiger partial charge is 0.493 e. The summed E-state index contributed by atoms with van der Waals surface area (Å²) >= 11 is 8.06. The van der Waals surface area contributed by atoms with E-state index >= 15 is 0 Å². The van der Waals surface area contributed by atoms with E-state index in [-0.39, 0.29) is 10.6 Å². The second-order valence-corrected chi connectivity index (χ2v) is 8.78. The molecule has 0 aliphatic rings. The molecule has 4 rings (SSSR count). The number of nitrogens with zero attached hydrogens (tertiary/aromatic N) is 1. The quantitative estimate of drug-likeness (QED) is 0.344. The predicted molar refractivity (Wildman–Crippen MR) is 135 cm³/mol. The molecule has 6 nitrogen and oxygen atoms in total. The Labute approximate surface area is 200 Å². The number of benzene rings is 2. The molecule has 2 aromatic carbocycles. The molecule has 0 radical (unpaired) electrons. The lowest BCUT2D eigenvalue weighted by Crippen LogP contribution is -2.10. The fourth-order valence-electron chi connectivity index (χ4n) is 3.67. The molecule has 170 valence electrons. The molecule has 0 fully saturated rings. The summed E-state index contributed by atoms with van der Waals surface area (Å²) in [5.41, 5.74) is 2.37. The van der Waals surface area contributed by atoms with Crippen molar-refractivity contribution in [3.63, 3.8) is 0 Å². The van der Waals surface area contributed by atoms with Crippen molar-refractivity contribution in [2.75, 3.05) is 20.8 Å². The summed E-state index contributed by atoms with van der Waals surface area (Å²) in [6.07, 6.45) is 1.70. The van der Waals surface area contributed by atoms with Crippen LogP contribution in [-0.2, 0) is 0 Å². The molecular weight excluding hydrogens is 460 g/mol. The Morgan fingerprint density at radius 3 is 2.42 bits per heavy atom. The smallest absolute Gasteiger partial charge is 0.260 e. The van der Waals surface area contributed by atoms with E-state index in [1.165, 1.54) is 11.3 Å². The van der Waals surface area contributed by atoms with Gasteiger partial charge in [-0.15, -0.1) is 11.3 Å². The van der Waals surface area contributed by atoms with E-state index in [9.17, 15) is 4.79 Å². The second-order valence-electron chi connectivity index (χ2n) is 7.17. The number of rotatable bonds is 7. The maximum absolute atomic E-state index is 13.1. The fraction of sp³-hybridized carbons (Fsp3) is 0.200. The van der Waals surface area contributed by atoms with Gasteiger partial charge in [0.05, 0.1) is 31.2 Å². The molecule has 0 saturated heterocycles. The molecule has 0 atom stereocenters. The summed E-state index contributed by atoms with van der Waals surface area (Å²) in [7, 11) is 3.12. The first-order valence-corrected chi connectivity index (χ1v) is 11.5. The molecule has 0 aliphatic heterocycles. The van der Waals surface area contributed by atoms with Gasteiger partial charge in [-0.1, -0.05) is 41.9 Å². The number of hydrogen-bond acceptors (Lipinski definition) is 6. The normalized spacial score (nSPS) is 11.6. The van der Waals surface area contributed by atoms with E-state index < -0.39 is 0 Å². The van der Waals surface area contributed by atoms with E-state index in [4.69, 9.17) is 25.8 Å². The molecule has 1 N–H and O–H groups in total. The SMILES string of the molecule is CCOc1c(OC)cc(/C=C(/Cl)c2nc3sc(C)c(-c4ccccc4)c3c(=O)[nH]2)cc1OC. The molecule has 0 spiro atoms. The first-order valence-electron chi connectivity index (χ1n) is 10.3. The van der Waals surface area contributed by atoms with Crippen molar-refractivity contribution < 1.29 is 14.2 Å². The molecule has 33 heavy (non-hydrogen) atoms. The minimum atomic E-state index is -0.230. The third-order valence-corrected chi connectivity index (χ3v) is 6.38. The van der Waals surface area contributed by atoms with Crippen LogP contribution in [-0.4, -0.2) is 30.8 Å². The molecule has 0 aliphatic carbocycles. The standard InChI is InChI=1S/C25H23ClN2O4S/c1-5-32-22-18(30-3)12-15(13-19(22)31-4)11-17(26)23-27-24(29)21-20(14(2)33-25(21)28-23)16-9-7-6-8-10-16/h6-13H,5H2,1-4H3,(H,27,28,29)/b17-11+. The van der Waals surface area contributed by atoms with Gasteiger partial charge in [-0.25, -0.2) is 4.98 Å². The van der Waals surface area contributed by atoms with Crippen molar-refractivity contribution in [3.8, 4) is 28.4 Å². The van der Waals surface area contributed by atoms with Gasteiger partial charge in [0.1, 0.15) is 4.83 Å². The Morgan fingerprint density at radius 2 is 1.82 bits per heavy atom. The van der Waals surface area contributed by atoms with Gasteiger partial charge in [-0.05, 0) is 43.2 Å². The van der Waals surface area contributed by atoms with Gasteiger partial charge < -0.3 is 19.2 Å². The number of aromatic nitrogens is 2. The summed E-state index contributed by atoms with van der Waals surface area (Å²) in [6.45, 7) is 4.35. The number of fused-ring (bicyclic) bond motifs is 1. The van der Waals surface area contributed by atoms with Crippen LogP contribution in [0.3, 0.4) is 0 Å². The summed E-state index contributed by atoms with van der Waals surface area (Å²) in [5, 5.41) is 0.857. The number of aromatic amines is 1.